The molecular weight excluding hydrogens is 154 g/mol. The lowest BCUT2D eigenvalue weighted by Crippen LogP contribution is -2.32. The number of ether oxygens (including phenoxy) is 1. The minimum atomic E-state index is 0.183. The second-order valence-corrected chi connectivity index (χ2v) is 3.66. The fourth-order valence-corrected chi connectivity index (χ4v) is 1.30. The van der Waals surface area contributed by atoms with Crippen molar-refractivity contribution in [2.45, 2.75) is 19.8 Å². The molecule has 0 amide bonds. The number of hydrogen-bond acceptors (Lipinski definition) is 2. The van der Waals surface area contributed by atoms with E-state index in [1.807, 2.05) is 0 Å². The van der Waals surface area contributed by atoms with Crippen molar-refractivity contribution in [2.24, 2.45) is 21.9 Å². The van der Waals surface area contributed by atoms with Gasteiger partial charge in [-0.3, -0.25) is 4.99 Å². The summed E-state index contributed by atoms with van der Waals surface area (Å²) < 4.78 is 5.26. The van der Waals surface area contributed by atoms with Gasteiger partial charge in [-0.05, 0) is 18.3 Å². The van der Waals surface area contributed by atoms with E-state index in [-0.39, 0.29) is 11.4 Å². The van der Waals surface area contributed by atoms with Crippen molar-refractivity contribution in [3.05, 3.63) is 0 Å². The SMILES string of the molecule is CC1(CN=C(N)N)CCOCC1. The van der Waals surface area contributed by atoms with Crippen molar-refractivity contribution in [1.82, 2.24) is 0 Å². The van der Waals surface area contributed by atoms with Crippen LogP contribution in [0.3, 0.4) is 0 Å². The zero-order chi connectivity index (χ0) is 9.03. The Hall–Kier alpha value is -0.770. The summed E-state index contributed by atoms with van der Waals surface area (Å²) in [5, 5.41) is 0. The zero-order valence-electron chi connectivity index (χ0n) is 7.55. The lowest BCUT2D eigenvalue weighted by Gasteiger charge is -2.31. The first-order chi connectivity index (χ1) is 5.62. The third-order valence-electron chi connectivity index (χ3n) is 2.34. The first kappa shape index (κ1) is 9.32. The zero-order valence-corrected chi connectivity index (χ0v) is 7.55. The van der Waals surface area contributed by atoms with Crippen LogP contribution in [0, 0.1) is 5.41 Å². The fourth-order valence-electron chi connectivity index (χ4n) is 1.30. The number of rotatable bonds is 2. The van der Waals surface area contributed by atoms with Crippen LogP contribution in [0.2, 0.25) is 0 Å². The highest BCUT2D eigenvalue weighted by atomic mass is 16.5. The van der Waals surface area contributed by atoms with Crippen molar-refractivity contribution in [3.8, 4) is 0 Å². The molecule has 0 aliphatic carbocycles. The van der Waals surface area contributed by atoms with E-state index >= 15 is 0 Å². The van der Waals surface area contributed by atoms with E-state index in [2.05, 4.69) is 11.9 Å². The van der Waals surface area contributed by atoms with Gasteiger partial charge >= 0.3 is 0 Å². The molecule has 12 heavy (non-hydrogen) atoms. The third kappa shape index (κ3) is 2.70. The molecule has 1 aliphatic rings. The van der Waals surface area contributed by atoms with Crippen LogP contribution in [-0.2, 0) is 4.74 Å². The maximum absolute atomic E-state index is 5.26. The highest BCUT2D eigenvalue weighted by Gasteiger charge is 2.26. The molecule has 0 aromatic rings. The van der Waals surface area contributed by atoms with Crippen molar-refractivity contribution < 1.29 is 4.74 Å². The molecule has 1 rings (SSSR count). The number of aliphatic imine (C=N–C) groups is 1. The molecule has 1 saturated heterocycles. The average Bonchev–Trinajstić information content (AvgIpc) is 2.03. The number of hydrogen-bond donors (Lipinski definition) is 2. The minimum absolute atomic E-state index is 0.183. The highest BCUT2D eigenvalue weighted by Crippen LogP contribution is 2.29. The van der Waals surface area contributed by atoms with Gasteiger partial charge in [0.15, 0.2) is 5.96 Å². The summed E-state index contributed by atoms with van der Waals surface area (Å²) in [6, 6.07) is 0. The molecule has 0 spiro atoms. The lowest BCUT2D eigenvalue weighted by molar-refractivity contribution is 0.0283. The Morgan fingerprint density at radius 3 is 2.50 bits per heavy atom. The van der Waals surface area contributed by atoms with Crippen LogP contribution in [0.1, 0.15) is 19.8 Å². The van der Waals surface area contributed by atoms with Gasteiger partial charge < -0.3 is 16.2 Å². The largest absolute Gasteiger partial charge is 0.381 e. The predicted octanol–water partition coefficient (Wildman–Crippen LogP) is 0.0765. The topological polar surface area (TPSA) is 73.6 Å². The fraction of sp³-hybridized carbons (Fsp3) is 0.875. The molecule has 70 valence electrons. The van der Waals surface area contributed by atoms with Crippen LogP contribution in [0.4, 0.5) is 0 Å². The standard InChI is InChI=1S/C8H17N3O/c1-8(6-11-7(9)10)2-4-12-5-3-8/h2-6H2,1H3,(H4,9,10,11). The van der Waals surface area contributed by atoms with Crippen LogP contribution in [-0.4, -0.2) is 25.7 Å². The van der Waals surface area contributed by atoms with Crippen molar-refractivity contribution >= 4 is 5.96 Å². The van der Waals surface area contributed by atoms with Crippen LogP contribution >= 0.6 is 0 Å². The Kier molecular flexibility index (Phi) is 2.92. The average molecular weight is 171 g/mol. The smallest absolute Gasteiger partial charge is 0.185 e. The van der Waals surface area contributed by atoms with Crippen molar-refractivity contribution in [3.63, 3.8) is 0 Å². The Bertz CT molecular complexity index is 169. The molecule has 0 bridgehead atoms. The van der Waals surface area contributed by atoms with Crippen LogP contribution in [0.15, 0.2) is 4.99 Å². The summed E-state index contributed by atoms with van der Waals surface area (Å²) in [6.45, 7) is 4.58. The Morgan fingerprint density at radius 1 is 1.42 bits per heavy atom. The first-order valence-electron chi connectivity index (χ1n) is 4.26. The van der Waals surface area contributed by atoms with Crippen molar-refractivity contribution in [1.29, 1.82) is 0 Å². The summed E-state index contributed by atoms with van der Waals surface area (Å²) in [5.41, 5.74) is 10.8. The molecule has 0 aromatic carbocycles. The number of nitrogens with zero attached hydrogens (tertiary/aromatic N) is 1. The van der Waals surface area contributed by atoms with E-state index in [9.17, 15) is 0 Å². The molecule has 1 aliphatic heterocycles. The summed E-state index contributed by atoms with van der Waals surface area (Å²) in [7, 11) is 0. The second-order valence-electron chi connectivity index (χ2n) is 3.66. The van der Waals surface area contributed by atoms with Gasteiger partial charge in [0.25, 0.3) is 0 Å². The van der Waals surface area contributed by atoms with E-state index in [4.69, 9.17) is 16.2 Å². The second kappa shape index (κ2) is 3.76. The molecule has 4 heteroatoms. The van der Waals surface area contributed by atoms with Gasteiger partial charge in [0.1, 0.15) is 0 Å². The quantitative estimate of drug-likeness (QED) is 0.456. The van der Waals surface area contributed by atoms with E-state index in [0.717, 1.165) is 32.6 Å². The molecule has 0 unspecified atom stereocenters. The summed E-state index contributed by atoms with van der Waals surface area (Å²) in [4.78, 5) is 4.04. The van der Waals surface area contributed by atoms with Gasteiger partial charge in [0.2, 0.25) is 0 Å². The van der Waals surface area contributed by atoms with Gasteiger partial charge in [-0.15, -0.1) is 0 Å². The monoisotopic (exact) mass is 171 g/mol. The molecule has 0 aromatic heterocycles. The van der Waals surface area contributed by atoms with Crippen LogP contribution in [0.25, 0.3) is 0 Å². The predicted molar refractivity (Wildman–Crippen MR) is 48.8 cm³/mol. The molecule has 0 radical (unpaired) electrons. The maximum atomic E-state index is 5.26. The number of nitrogens with two attached hydrogens (primary N) is 2. The molecular formula is C8H17N3O. The van der Waals surface area contributed by atoms with Gasteiger partial charge in [0, 0.05) is 19.8 Å². The van der Waals surface area contributed by atoms with Gasteiger partial charge in [-0.2, -0.15) is 0 Å². The Balaban J connectivity index is 2.41. The summed E-state index contributed by atoms with van der Waals surface area (Å²) >= 11 is 0. The van der Waals surface area contributed by atoms with Crippen LogP contribution in [0.5, 0.6) is 0 Å². The van der Waals surface area contributed by atoms with E-state index in [1.54, 1.807) is 0 Å². The van der Waals surface area contributed by atoms with Crippen LogP contribution < -0.4 is 11.5 Å². The third-order valence-corrected chi connectivity index (χ3v) is 2.34. The molecule has 4 nitrogen and oxygen atoms in total. The lowest BCUT2D eigenvalue weighted by atomic mass is 9.83. The number of guanidine groups is 1. The molecule has 0 saturated carbocycles. The maximum Gasteiger partial charge on any atom is 0.185 e. The van der Waals surface area contributed by atoms with Gasteiger partial charge in [-0.25, -0.2) is 0 Å². The van der Waals surface area contributed by atoms with Crippen molar-refractivity contribution in [2.75, 3.05) is 19.8 Å². The highest BCUT2D eigenvalue weighted by molar-refractivity contribution is 5.75. The molecule has 1 fully saturated rings. The van der Waals surface area contributed by atoms with E-state index in [1.165, 1.54) is 0 Å². The first-order valence-corrected chi connectivity index (χ1v) is 4.26. The minimum Gasteiger partial charge on any atom is -0.381 e. The molecule has 0 atom stereocenters. The normalized spacial score (nSPS) is 21.8. The Morgan fingerprint density at radius 2 is 2.00 bits per heavy atom. The summed E-state index contributed by atoms with van der Waals surface area (Å²) in [6.07, 6.45) is 2.09. The molecule has 4 N–H and O–H groups in total. The van der Waals surface area contributed by atoms with Gasteiger partial charge in [-0.1, -0.05) is 6.92 Å². The summed E-state index contributed by atoms with van der Waals surface area (Å²) in [5.74, 6) is 0.183. The van der Waals surface area contributed by atoms with E-state index < -0.39 is 0 Å². The van der Waals surface area contributed by atoms with Gasteiger partial charge in [0.05, 0.1) is 0 Å². The molecule has 1 heterocycles. The Labute approximate surface area is 73.0 Å². The van der Waals surface area contributed by atoms with E-state index in [0.29, 0.717) is 0 Å².